The summed E-state index contributed by atoms with van der Waals surface area (Å²) in [6.07, 6.45) is 2.24. The molecule has 1 aliphatic heterocycles. The van der Waals surface area contributed by atoms with Crippen LogP contribution in [-0.4, -0.2) is 15.7 Å². The minimum absolute atomic E-state index is 0.00446. The van der Waals surface area contributed by atoms with E-state index < -0.39 is 0 Å². The molecule has 20 heavy (non-hydrogen) atoms. The lowest BCUT2D eigenvalue weighted by molar-refractivity contribution is -0.116. The first-order valence-electron chi connectivity index (χ1n) is 6.69. The van der Waals surface area contributed by atoms with E-state index in [2.05, 4.69) is 10.4 Å². The standard InChI is InChI=1S/C15H16ClN3O/c1-9(2)19-15-12(8-17-19)11(7-14(20)18-15)10-5-3-4-6-13(10)16/h3-6,8-9,11H,7H2,1-2H3,(H,18,20)/t11-/m1/s1. The average Bonchev–Trinajstić information content (AvgIpc) is 2.82. The fraction of sp³-hybridized carbons (Fsp3) is 0.333. The Morgan fingerprint density at radius 2 is 2.10 bits per heavy atom. The molecule has 1 N–H and O–H groups in total. The first kappa shape index (κ1) is 13.2. The number of carbonyl (C=O) groups is 1. The van der Waals surface area contributed by atoms with Gasteiger partial charge < -0.3 is 5.32 Å². The molecule has 1 atom stereocenters. The van der Waals surface area contributed by atoms with Gasteiger partial charge in [-0.05, 0) is 25.5 Å². The third-order valence-electron chi connectivity index (χ3n) is 3.62. The molecule has 1 amide bonds. The molecule has 1 aliphatic rings. The molecule has 0 unspecified atom stereocenters. The van der Waals surface area contributed by atoms with E-state index in [0.29, 0.717) is 11.4 Å². The van der Waals surface area contributed by atoms with Crippen LogP contribution in [0.1, 0.15) is 43.4 Å². The zero-order valence-electron chi connectivity index (χ0n) is 11.4. The van der Waals surface area contributed by atoms with E-state index in [-0.39, 0.29) is 17.9 Å². The van der Waals surface area contributed by atoms with Crippen molar-refractivity contribution in [2.45, 2.75) is 32.2 Å². The number of rotatable bonds is 2. The fourth-order valence-corrected chi connectivity index (χ4v) is 2.93. The fourth-order valence-electron chi connectivity index (χ4n) is 2.67. The summed E-state index contributed by atoms with van der Waals surface area (Å²) in [6, 6.07) is 7.87. The molecule has 0 saturated carbocycles. The van der Waals surface area contributed by atoms with Crippen molar-refractivity contribution < 1.29 is 4.79 Å². The number of halogens is 1. The predicted octanol–water partition coefficient (Wildman–Crippen LogP) is 3.59. The summed E-state index contributed by atoms with van der Waals surface area (Å²) in [4.78, 5) is 12.0. The van der Waals surface area contributed by atoms with Crippen molar-refractivity contribution in [3.63, 3.8) is 0 Å². The highest BCUT2D eigenvalue weighted by molar-refractivity contribution is 6.31. The van der Waals surface area contributed by atoms with Crippen LogP contribution in [-0.2, 0) is 4.79 Å². The zero-order chi connectivity index (χ0) is 14.3. The van der Waals surface area contributed by atoms with Crippen LogP contribution in [0.3, 0.4) is 0 Å². The number of hydrogen-bond acceptors (Lipinski definition) is 2. The molecule has 2 heterocycles. The van der Waals surface area contributed by atoms with Gasteiger partial charge >= 0.3 is 0 Å². The zero-order valence-corrected chi connectivity index (χ0v) is 12.2. The van der Waals surface area contributed by atoms with Gasteiger partial charge in [-0.1, -0.05) is 29.8 Å². The normalized spacial score (nSPS) is 18.0. The number of nitrogens with zero attached hydrogens (tertiary/aromatic N) is 2. The highest BCUT2D eigenvalue weighted by Gasteiger charge is 2.31. The van der Waals surface area contributed by atoms with Crippen LogP contribution in [0.25, 0.3) is 0 Å². The Morgan fingerprint density at radius 1 is 1.35 bits per heavy atom. The molecule has 3 rings (SSSR count). The molecular formula is C15H16ClN3O. The predicted molar refractivity (Wildman–Crippen MR) is 79.2 cm³/mol. The monoisotopic (exact) mass is 289 g/mol. The van der Waals surface area contributed by atoms with E-state index in [1.54, 1.807) is 0 Å². The van der Waals surface area contributed by atoms with Crippen molar-refractivity contribution in [3.8, 4) is 0 Å². The lowest BCUT2D eigenvalue weighted by Crippen LogP contribution is -2.25. The molecule has 0 fully saturated rings. The van der Waals surface area contributed by atoms with Crippen LogP contribution < -0.4 is 5.32 Å². The molecule has 0 radical (unpaired) electrons. The van der Waals surface area contributed by atoms with Gasteiger partial charge in [-0.2, -0.15) is 5.10 Å². The van der Waals surface area contributed by atoms with Crippen molar-refractivity contribution in [3.05, 3.63) is 46.6 Å². The molecular weight excluding hydrogens is 274 g/mol. The minimum Gasteiger partial charge on any atom is -0.311 e. The molecule has 0 spiro atoms. The van der Waals surface area contributed by atoms with E-state index in [9.17, 15) is 4.79 Å². The van der Waals surface area contributed by atoms with Gasteiger partial charge in [0.2, 0.25) is 5.91 Å². The topological polar surface area (TPSA) is 46.9 Å². The summed E-state index contributed by atoms with van der Waals surface area (Å²) in [5.41, 5.74) is 2.01. The number of fused-ring (bicyclic) bond motifs is 1. The summed E-state index contributed by atoms with van der Waals surface area (Å²) in [5, 5.41) is 8.01. The van der Waals surface area contributed by atoms with Crippen LogP contribution in [0.15, 0.2) is 30.5 Å². The van der Waals surface area contributed by atoms with Crippen LogP contribution in [0.4, 0.5) is 5.82 Å². The van der Waals surface area contributed by atoms with E-state index >= 15 is 0 Å². The van der Waals surface area contributed by atoms with E-state index in [1.165, 1.54) is 0 Å². The van der Waals surface area contributed by atoms with Gasteiger partial charge in [0, 0.05) is 29.0 Å². The van der Waals surface area contributed by atoms with Gasteiger partial charge in [-0.15, -0.1) is 0 Å². The lowest BCUT2D eigenvalue weighted by Gasteiger charge is -2.25. The van der Waals surface area contributed by atoms with Gasteiger partial charge in [0.05, 0.1) is 6.20 Å². The summed E-state index contributed by atoms with van der Waals surface area (Å²) in [7, 11) is 0. The van der Waals surface area contributed by atoms with Crippen molar-refractivity contribution in [2.24, 2.45) is 0 Å². The van der Waals surface area contributed by atoms with Gasteiger partial charge in [0.15, 0.2) is 0 Å². The molecule has 2 aromatic rings. The number of amides is 1. The summed E-state index contributed by atoms with van der Waals surface area (Å²) in [5.74, 6) is 0.769. The first-order chi connectivity index (χ1) is 9.58. The highest BCUT2D eigenvalue weighted by Crippen LogP contribution is 2.40. The Bertz CT molecular complexity index is 663. The maximum absolute atomic E-state index is 12.0. The van der Waals surface area contributed by atoms with Crippen molar-refractivity contribution >= 4 is 23.3 Å². The Hall–Kier alpha value is -1.81. The van der Waals surface area contributed by atoms with Gasteiger partial charge in [-0.25, -0.2) is 4.68 Å². The van der Waals surface area contributed by atoms with E-state index in [0.717, 1.165) is 16.9 Å². The Labute approximate surface area is 122 Å². The Balaban J connectivity index is 2.12. The third kappa shape index (κ3) is 2.10. The second kappa shape index (κ2) is 4.94. The smallest absolute Gasteiger partial charge is 0.226 e. The van der Waals surface area contributed by atoms with Crippen molar-refractivity contribution in [2.75, 3.05) is 5.32 Å². The Morgan fingerprint density at radius 3 is 2.80 bits per heavy atom. The van der Waals surface area contributed by atoms with Crippen LogP contribution >= 0.6 is 11.6 Å². The SMILES string of the molecule is CC(C)n1ncc2c1NC(=O)C[C@@H]2c1ccccc1Cl. The maximum atomic E-state index is 12.0. The second-order valence-corrected chi connectivity index (χ2v) is 5.72. The largest absolute Gasteiger partial charge is 0.311 e. The molecule has 5 heteroatoms. The Kier molecular flexibility index (Phi) is 3.26. The van der Waals surface area contributed by atoms with Crippen molar-refractivity contribution in [1.29, 1.82) is 0 Å². The van der Waals surface area contributed by atoms with Crippen LogP contribution in [0.5, 0.6) is 0 Å². The maximum Gasteiger partial charge on any atom is 0.226 e. The number of benzene rings is 1. The van der Waals surface area contributed by atoms with Crippen LogP contribution in [0, 0.1) is 0 Å². The lowest BCUT2D eigenvalue weighted by atomic mass is 9.87. The second-order valence-electron chi connectivity index (χ2n) is 5.31. The summed E-state index contributed by atoms with van der Waals surface area (Å²) < 4.78 is 1.84. The summed E-state index contributed by atoms with van der Waals surface area (Å²) >= 11 is 6.28. The number of anilines is 1. The first-order valence-corrected chi connectivity index (χ1v) is 7.07. The number of nitrogens with one attached hydrogen (secondary N) is 1. The third-order valence-corrected chi connectivity index (χ3v) is 3.96. The molecule has 0 aliphatic carbocycles. The van der Waals surface area contributed by atoms with E-state index in [4.69, 9.17) is 11.6 Å². The molecule has 0 bridgehead atoms. The summed E-state index contributed by atoms with van der Waals surface area (Å²) in [6.45, 7) is 4.08. The van der Waals surface area contributed by atoms with Gasteiger partial charge in [-0.3, -0.25) is 4.79 Å². The molecule has 1 aromatic carbocycles. The number of aromatic nitrogens is 2. The quantitative estimate of drug-likeness (QED) is 0.918. The van der Waals surface area contributed by atoms with Gasteiger partial charge in [0.25, 0.3) is 0 Å². The average molecular weight is 290 g/mol. The van der Waals surface area contributed by atoms with Crippen molar-refractivity contribution in [1.82, 2.24) is 9.78 Å². The molecule has 104 valence electrons. The highest BCUT2D eigenvalue weighted by atomic mass is 35.5. The molecule has 0 saturated heterocycles. The number of hydrogen-bond donors (Lipinski definition) is 1. The van der Waals surface area contributed by atoms with Crippen LogP contribution in [0.2, 0.25) is 5.02 Å². The van der Waals surface area contributed by atoms with Gasteiger partial charge in [0.1, 0.15) is 5.82 Å². The molecule has 1 aromatic heterocycles. The number of carbonyl (C=O) groups excluding carboxylic acids is 1. The molecule has 4 nitrogen and oxygen atoms in total. The minimum atomic E-state index is -0.0278. The van der Waals surface area contributed by atoms with E-state index in [1.807, 2.05) is 49.0 Å².